The van der Waals surface area contributed by atoms with Crippen LogP contribution in [0.15, 0.2) is 30.5 Å². The molecule has 1 unspecified atom stereocenters. The van der Waals surface area contributed by atoms with Crippen LogP contribution in [0.25, 0.3) is 0 Å². The molecule has 2 aliphatic rings. The molecule has 3 heterocycles. The average Bonchev–Trinajstić information content (AvgIpc) is 3.37. The largest absolute Gasteiger partial charge is 0.370 e. The molecule has 1 atom stereocenters. The van der Waals surface area contributed by atoms with Gasteiger partial charge in [0.25, 0.3) is 5.91 Å². The molecule has 6 nitrogen and oxygen atoms in total. The van der Waals surface area contributed by atoms with Gasteiger partial charge in [0, 0.05) is 30.9 Å². The lowest BCUT2D eigenvalue weighted by molar-refractivity contribution is -0.00801. The number of piperidine rings is 1. The van der Waals surface area contributed by atoms with Crippen molar-refractivity contribution in [2.75, 3.05) is 13.1 Å². The number of hydrogen-bond acceptors (Lipinski definition) is 4. The van der Waals surface area contributed by atoms with Gasteiger partial charge in [-0.1, -0.05) is 6.07 Å². The van der Waals surface area contributed by atoms with Crippen LogP contribution in [0.1, 0.15) is 53.5 Å². The second-order valence-electron chi connectivity index (χ2n) is 6.63. The van der Waals surface area contributed by atoms with Gasteiger partial charge in [0.1, 0.15) is 5.69 Å². The summed E-state index contributed by atoms with van der Waals surface area (Å²) in [4.78, 5) is 18.8. The number of H-pyrrole nitrogens is 1. The maximum atomic E-state index is 12.7. The molecule has 1 N–H and O–H groups in total. The van der Waals surface area contributed by atoms with Crippen LogP contribution in [0.5, 0.6) is 0 Å². The fourth-order valence-corrected chi connectivity index (χ4v) is 3.16. The molecule has 1 aliphatic carbocycles. The standard InChI is InChI=1S/C18H22N4O2/c23-18(17-10-16(20-21-17)13-6-7-13)22-9-3-5-15(11-22)24-12-14-4-1-2-8-19-14/h1-2,4,8,10,13,15H,3,5-7,9,11-12H2,(H,20,21). The number of carbonyl (C=O) groups is 1. The van der Waals surface area contributed by atoms with Crippen LogP contribution in [0.4, 0.5) is 0 Å². The van der Waals surface area contributed by atoms with E-state index in [0.29, 0.717) is 24.8 Å². The number of rotatable bonds is 5. The predicted octanol–water partition coefficient (Wildman–Crippen LogP) is 2.50. The first kappa shape index (κ1) is 15.3. The minimum atomic E-state index is 0.00397. The Morgan fingerprint density at radius 1 is 1.33 bits per heavy atom. The number of hydrogen-bond donors (Lipinski definition) is 1. The summed E-state index contributed by atoms with van der Waals surface area (Å²) >= 11 is 0. The number of amides is 1. The third-order valence-electron chi connectivity index (χ3n) is 4.69. The van der Waals surface area contributed by atoms with Crippen LogP contribution < -0.4 is 0 Å². The summed E-state index contributed by atoms with van der Waals surface area (Å²) in [6.07, 6.45) is 6.16. The number of ether oxygens (including phenoxy) is 1. The Balaban J connectivity index is 1.34. The van der Waals surface area contributed by atoms with Gasteiger partial charge in [0.15, 0.2) is 0 Å². The fraction of sp³-hybridized carbons (Fsp3) is 0.500. The number of aromatic nitrogens is 3. The van der Waals surface area contributed by atoms with Gasteiger partial charge in [-0.3, -0.25) is 14.9 Å². The van der Waals surface area contributed by atoms with Crippen LogP contribution in [-0.2, 0) is 11.3 Å². The maximum Gasteiger partial charge on any atom is 0.274 e. The summed E-state index contributed by atoms with van der Waals surface area (Å²) in [6, 6.07) is 7.72. The minimum Gasteiger partial charge on any atom is -0.370 e. The van der Waals surface area contributed by atoms with Crippen molar-refractivity contribution in [1.29, 1.82) is 0 Å². The summed E-state index contributed by atoms with van der Waals surface area (Å²) in [5, 5.41) is 7.21. The molecule has 6 heteroatoms. The highest BCUT2D eigenvalue weighted by molar-refractivity contribution is 5.92. The highest BCUT2D eigenvalue weighted by atomic mass is 16.5. The highest BCUT2D eigenvalue weighted by Gasteiger charge is 2.29. The molecule has 24 heavy (non-hydrogen) atoms. The molecule has 126 valence electrons. The summed E-state index contributed by atoms with van der Waals surface area (Å²) < 4.78 is 5.95. The Morgan fingerprint density at radius 3 is 3.04 bits per heavy atom. The zero-order valence-corrected chi connectivity index (χ0v) is 13.6. The molecule has 1 saturated heterocycles. The summed E-state index contributed by atoms with van der Waals surface area (Å²) in [6.45, 7) is 1.88. The van der Waals surface area contributed by atoms with Crippen molar-refractivity contribution in [1.82, 2.24) is 20.1 Å². The molecule has 2 aromatic rings. The third kappa shape index (κ3) is 3.48. The van der Waals surface area contributed by atoms with Crippen molar-refractivity contribution in [2.24, 2.45) is 0 Å². The van der Waals surface area contributed by atoms with Gasteiger partial charge in [0.05, 0.1) is 18.4 Å². The van der Waals surface area contributed by atoms with E-state index in [1.807, 2.05) is 29.2 Å². The van der Waals surface area contributed by atoms with Crippen LogP contribution in [0, 0.1) is 0 Å². The summed E-state index contributed by atoms with van der Waals surface area (Å²) in [7, 11) is 0. The normalized spacial score (nSPS) is 21.0. The Labute approximate surface area is 141 Å². The van der Waals surface area contributed by atoms with Gasteiger partial charge in [-0.05, 0) is 43.9 Å². The molecule has 1 saturated carbocycles. The SMILES string of the molecule is O=C(c1cc(C2CC2)[nH]n1)N1CCCC(OCc2ccccn2)C1. The van der Waals surface area contributed by atoms with Crippen LogP contribution >= 0.6 is 0 Å². The first-order valence-electron chi connectivity index (χ1n) is 8.65. The van der Waals surface area contributed by atoms with E-state index < -0.39 is 0 Å². The molecule has 0 radical (unpaired) electrons. The predicted molar refractivity (Wildman–Crippen MR) is 88.5 cm³/mol. The molecule has 4 rings (SSSR count). The van der Waals surface area contributed by atoms with Crippen molar-refractivity contribution >= 4 is 5.91 Å². The zero-order chi connectivity index (χ0) is 16.4. The zero-order valence-electron chi connectivity index (χ0n) is 13.6. The lowest BCUT2D eigenvalue weighted by Gasteiger charge is -2.32. The van der Waals surface area contributed by atoms with E-state index in [4.69, 9.17) is 4.74 Å². The van der Waals surface area contributed by atoms with Gasteiger partial charge >= 0.3 is 0 Å². The van der Waals surface area contributed by atoms with Gasteiger partial charge in [-0.2, -0.15) is 5.10 Å². The summed E-state index contributed by atoms with van der Waals surface area (Å²) in [5.41, 5.74) is 2.54. The fourth-order valence-electron chi connectivity index (χ4n) is 3.16. The van der Waals surface area contributed by atoms with E-state index in [9.17, 15) is 4.79 Å². The monoisotopic (exact) mass is 326 g/mol. The average molecular weight is 326 g/mol. The second-order valence-corrected chi connectivity index (χ2v) is 6.63. The molecular formula is C18H22N4O2. The van der Waals surface area contributed by atoms with E-state index in [-0.39, 0.29) is 12.0 Å². The number of nitrogens with one attached hydrogen (secondary N) is 1. The number of nitrogens with zero attached hydrogens (tertiary/aromatic N) is 3. The Morgan fingerprint density at radius 2 is 2.25 bits per heavy atom. The molecule has 2 aromatic heterocycles. The molecule has 0 aromatic carbocycles. The molecule has 1 amide bonds. The molecular weight excluding hydrogens is 304 g/mol. The molecule has 1 aliphatic heterocycles. The Kier molecular flexibility index (Phi) is 4.30. The van der Waals surface area contributed by atoms with E-state index in [0.717, 1.165) is 30.8 Å². The second kappa shape index (κ2) is 6.73. The van der Waals surface area contributed by atoms with Crippen molar-refractivity contribution in [3.8, 4) is 0 Å². The van der Waals surface area contributed by atoms with E-state index in [2.05, 4.69) is 15.2 Å². The third-order valence-corrected chi connectivity index (χ3v) is 4.69. The van der Waals surface area contributed by atoms with Gasteiger partial charge in [-0.15, -0.1) is 0 Å². The van der Waals surface area contributed by atoms with Crippen molar-refractivity contribution in [3.63, 3.8) is 0 Å². The minimum absolute atomic E-state index is 0.00397. The van der Waals surface area contributed by atoms with Crippen molar-refractivity contribution < 1.29 is 9.53 Å². The van der Waals surface area contributed by atoms with Crippen molar-refractivity contribution in [3.05, 3.63) is 47.5 Å². The van der Waals surface area contributed by atoms with Gasteiger partial charge < -0.3 is 9.64 Å². The highest BCUT2D eigenvalue weighted by Crippen LogP contribution is 2.39. The van der Waals surface area contributed by atoms with E-state index >= 15 is 0 Å². The maximum absolute atomic E-state index is 12.7. The van der Waals surface area contributed by atoms with Crippen LogP contribution in [0.2, 0.25) is 0 Å². The number of pyridine rings is 1. The summed E-state index contributed by atoms with van der Waals surface area (Å²) in [5.74, 6) is 0.583. The first-order chi connectivity index (χ1) is 11.8. The molecule has 2 fully saturated rings. The smallest absolute Gasteiger partial charge is 0.274 e. The van der Waals surface area contributed by atoms with E-state index in [1.54, 1.807) is 6.20 Å². The number of likely N-dealkylation sites (tertiary alicyclic amines) is 1. The van der Waals surface area contributed by atoms with Crippen LogP contribution in [-0.4, -0.2) is 45.2 Å². The molecule has 0 spiro atoms. The van der Waals surface area contributed by atoms with Crippen LogP contribution in [0.3, 0.4) is 0 Å². The number of aromatic amines is 1. The van der Waals surface area contributed by atoms with Gasteiger partial charge in [0.2, 0.25) is 0 Å². The first-order valence-corrected chi connectivity index (χ1v) is 8.65. The Hall–Kier alpha value is -2.21. The lowest BCUT2D eigenvalue weighted by Crippen LogP contribution is -2.43. The Bertz CT molecular complexity index is 696. The quantitative estimate of drug-likeness (QED) is 0.916. The number of carbonyl (C=O) groups excluding carboxylic acids is 1. The van der Waals surface area contributed by atoms with E-state index in [1.165, 1.54) is 12.8 Å². The molecule has 0 bridgehead atoms. The van der Waals surface area contributed by atoms with Gasteiger partial charge in [-0.25, -0.2) is 0 Å². The lowest BCUT2D eigenvalue weighted by atomic mass is 10.1. The topological polar surface area (TPSA) is 71.1 Å². The van der Waals surface area contributed by atoms with Crippen molar-refractivity contribution in [2.45, 2.75) is 44.3 Å².